The maximum Gasteiger partial charge on any atom is 0.239 e. The number of carbonyl (C=O) groups excluding carboxylic acids is 2. The molecule has 1 saturated heterocycles. The van der Waals surface area contributed by atoms with Gasteiger partial charge >= 0.3 is 0 Å². The van der Waals surface area contributed by atoms with Crippen LogP contribution in [0.3, 0.4) is 0 Å². The predicted molar refractivity (Wildman–Crippen MR) is 77.4 cm³/mol. The molecule has 2 amide bonds. The third-order valence-corrected chi connectivity index (χ3v) is 3.41. The molecule has 0 radical (unpaired) electrons. The van der Waals surface area contributed by atoms with E-state index in [9.17, 15) is 9.59 Å². The van der Waals surface area contributed by atoms with Crippen LogP contribution in [0.1, 0.15) is 32.6 Å². The first-order valence-electron chi connectivity index (χ1n) is 7.46. The molecular formula is C14H27N3O3. The highest BCUT2D eigenvalue weighted by molar-refractivity contribution is 5.83. The maximum atomic E-state index is 12.2. The lowest BCUT2D eigenvalue weighted by Crippen LogP contribution is -2.51. The van der Waals surface area contributed by atoms with Gasteiger partial charge in [0.05, 0.1) is 12.6 Å². The van der Waals surface area contributed by atoms with E-state index in [1.165, 1.54) is 0 Å². The summed E-state index contributed by atoms with van der Waals surface area (Å²) in [5.74, 6) is 0.105. The Bertz CT molecular complexity index is 310. The van der Waals surface area contributed by atoms with Crippen LogP contribution in [0.2, 0.25) is 0 Å². The van der Waals surface area contributed by atoms with Crippen LogP contribution in [0.15, 0.2) is 0 Å². The molecule has 6 nitrogen and oxygen atoms in total. The molecule has 1 aliphatic heterocycles. The van der Waals surface area contributed by atoms with E-state index in [0.717, 1.165) is 32.4 Å². The van der Waals surface area contributed by atoms with Gasteiger partial charge in [0.15, 0.2) is 0 Å². The average Bonchev–Trinajstić information content (AvgIpc) is 2.45. The van der Waals surface area contributed by atoms with Crippen molar-refractivity contribution < 1.29 is 14.3 Å². The lowest BCUT2D eigenvalue weighted by atomic mass is 10.0. The van der Waals surface area contributed by atoms with E-state index < -0.39 is 0 Å². The topological polar surface area (TPSA) is 70.7 Å². The van der Waals surface area contributed by atoms with E-state index in [1.807, 2.05) is 0 Å². The number of methoxy groups -OCH3 is 1. The van der Waals surface area contributed by atoms with Gasteiger partial charge < -0.3 is 20.3 Å². The molecule has 2 N–H and O–H groups in total. The zero-order chi connectivity index (χ0) is 14.8. The van der Waals surface area contributed by atoms with E-state index in [-0.39, 0.29) is 17.9 Å². The quantitative estimate of drug-likeness (QED) is 0.591. The molecule has 1 rings (SSSR count). The molecule has 0 aromatic rings. The molecule has 1 atom stereocenters. The van der Waals surface area contributed by atoms with Crippen molar-refractivity contribution in [1.82, 2.24) is 15.5 Å². The Morgan fingerprint density at radius 2 is 2.25 bits per heavy atom. The number of carbonyl (C=O) groups is 2. The molecule has 1 heterocycles. The minimum Gasteiger partial charge on any atom is -0.383 e. The number of hydrogen-bond donors (Lipinski definition) is 2. The molecular weight excluding hydrogens is 258 g/mol. The van der Waals surface area contributed by atoms with Gasteiger partial charge in [0, 0.05) is 33.2 Å². The van der Waals surface area contributed by atoms with Gasteiger partial charge in [-0.15, -0.1) is 0 Å². The monoisotopic (exact) mass is 285 g/mol. The van der Waals surface area contributed by atoms with Gasteiger partial charge in [0.2, 0.25) is 11.8 Å². The van der Waals surface area contributed by atoms with Crippen molar-refractivity contribution in [3.05, 3.63) is 0 Å². The molecule has 0 aromatic heterocycles. The molecule has 116 valence electrons. The Hall–Kier alpha value is -1.14. The summed E-state index contributed by atoms with van der Waals surface area (Å²) in [6.07, 6.45) is 3.27. The fourth-order valence-electron chi connectivity index (χ4n) is 2.29. The van der Waals surface area contributed by atoms with Crippen molar-refractivity contribution >= 4 is 11.8 Å². The van der Waals surface area contributed by atoms with Crippen molar-refractivity contribution in [2.24, 2.45) is 0 Å². The Balaban J connectivity index is 2.28. The second-order valence-corrected chi connectivity index (χ2v) is 5.07. The summed E-state index contributed by atoms with van der Waals surface area (Å²) >= 11 is 0. The van der Waals surface area contributed by atoms with E-state index in [1.54, 1.807) is 12.0 Å². The molecule has 0 bridgehead atoms. The standard InChI is InChI=1S/C14H27N3O3/c1-3-7-15-12-5-4-9-17(14(12)19)10-6-13(18)16-8-11-20-2/h12,15H,3-11H2,1-2H3,(H,16,18). The lowest BCUT2D eigenvalue weighted by Gasteiger charge is -2.32. The van der Waals surface area contributed by atoms with E-state index in [0.29, 0.717) is 26.1 Å². The number of piperidine rings is 1. The summed E-state index contributed by atoms with van der Waals surface area (Å²) in [6, 6.07) is -0.0692. The number of rotatable bonds is 9. The molecule has 20 heavy (non-hydrogen) atoms. The van der Waals surface area contributed by atoms with Crippen LogP contribution < -0.4 is 10.6 Å². The first-order chi connectivity index (χ1) is 9.69. The summed E-state index contributed by atoms with van der Waals surface area (Å²) < 4.78 is 4.87. The average molecular weight is 285 g/mol. The Labute approximate surface area is 121 Å². The van der Waals surface area contributed by atoms with Gasteiger partial charge in [-0.25, -0.2) is 0 Å². The van der Waals surface area contributed by atoms with Crippen LogP contribution >= 0.6 is 0 Å². The number of nitrogens with one attached hydrogen (secondary N) is 2. The number of hydrogen-bond acceptors (Lipinski definition) is 4. The Kier molecular flexibility index (Phi) is 8.22. The molecule has 0 saturated carbocycles. The summed E-state index contributed by atoms with van der Waals surface area (Å²) in [4.78, 5) is 25.6. The van der Waals surface area contributed by atoms with Crippen molar-refractivity contribution in [3.8, 4) is 0 Å². The van der Waals surface area contributed by atoms with Crippen molar-refractivity contribution in [2.45, 2.75) is 38.6 Å². The first-order valence-corrected chi connectivity index (χ1v) is 7.46. The second kappa shape index (κ2) is 9.72. The van der Waals surface area contributed by atoms with Gasteiger partial charge in [-0.05, 0) is 25.8 Å². The van der Waals surface area contributed by atoms with E-state index in [4.69, 9.17) is 4.74 Å². The number of ether oxygens (including phenoxy) is 1. The SMILES string of the molecule is CCCNC1CCCN(CCC(=O)NCCOC)C1=O. The Morgan fingerprint density at radius 1 is 1.45 bits per heavy atom. The smallest absolute Gasteiger partial charge is 0.239 e. The summed E-state index contributed by atoms with van der Waals surface area (Å²) in [5.41, 5.74) is 0. The summed E-state index contributed by atoms with van der Waals surface area (Å²) in [7, 11) is 1.60. The van der Waals surface area contributed by atoms with Crippen LogP contribution in [0.25, 0.3) is 0 Å². The second-order valence-electron chi connectivity index (χ2n) is 5.07. The van der Waals surface area contributed by atoms with Crippen molar-refractivity contribution in [3.63, 3.8) is 0 Å². The molecule has 0 aliphatic carbocycles. The third kappa shape index (κ3) is 5.88. The van der Waals surface area contributed by atoms with Gasteiger partial charge in [0.1, 0.15) is 0 Å². The number of likely N-dealkylation sites (tertiary alicyclic amines) is 1. The number of amides is 2. The maximum absolute atomic E-state index is 12.2. The number of nitrogens with zero attached hydrogens (tertiary/aromatic N) is 1. The Morgan fingerprint density at radius 3 is 2.95 bits per heavy atom. The minimum absolute atomic E-state index is 0.0292. The highest BCUT2D eigenvalue weighted by Gasteiger charge is 2.27. The van der Waals surface area contributed by atoms with Crippen LogP contribution in [0, 0.1) is 0 Å². The van der Waals surface area contributed by atoms with Crippen LogP contribution in [-0.4, -0.2) is 62.7 Å². The van der Waals surface area contributed by atoms with Gasteiger partial charge in [-0.3, -0.25) is 9.59 Å². The van der Waals surface area contributed by atoms with Crippen molar-refractivity contribution in [2.75, 3.05) is 39.9 Å². The molecule has 0 aromatic carbocycles. The highest BCUT2D eigenvalue weighted by atomic mass is 16.5. The highest BCUT2D eigenvalue weighted by Crippen LogP contribution is 2.12. The first kappa shape index (κ1) is 16.9. The fourth-order valence-corrected chi connectivity index (χ4v) is 2.29. The van der Waals surface area contributed by atoms with Gasteiger partial charge in [-0.2, -0.15) is 0 Å². The largest absolute Gasteiger partial charge is 0.383 e. The molecule has 1 fully saturated rings. The third-order valence-electron chi connectivity index (χ3n) is 3.41. The normalized spacial score (nSPS) is 19.2. The summed E-state index contributed by atoms with van der Waals surface area (Å²) in [5, 5.41) is 6.04. The van der Waals surface area contributed by atoms with E-state index >= 15 is 0 Å². The summed E-state index contributed by atoms with van der Waals surface area (Å²) in [6.45, 7) is 5.24. The molecule has 1 aliphatic rings. The molecule has 0 spiro atoms. The zero-order valence-corrected chi connectivity index (χ0v) is 12.6. The predicted octanol–water partition coefficient (Wildman–Crippen LogP) is 0.130. The van der Waals surface area contributed by atoms with Crippen LogP contribution in [0.4, 0.5) is 0 Å². The zero-order valence-electron chi connectivity index (χ0n) is 12.6. The van der Waals surface area contributed by atoms with Gasteiger partial charge in [-0.1, -0.05) is 6.92 Å². The minimum atomic E-state index is -0.0692. The fraction of sp³-hybridized carbons (Fsp3) is 0.857. The molecule has 6 heteroatoms. The lowest BCUT2D eigenvalue weighted by molar-refractivity contribution is -0.136. The molecule has 1 unspecified atom stereocenters. The van der Waals surface area contributed by atoms with Crippen molar-refractivity contribution in [1.29, 1.82) is 0 Å². The van der Waals surface area contributed by atoms with Crippen LogP contribution in [-0.2, 0) is 14.3 Å². The van der Waals surface area contributed by atoms with Crippen LogP contribution in [0.5, 0.6) is 0 Å². The van der Waals surface area contributed by atoms with Gasteiger partial charge in [0.25, 0.3) is 0 Å². The van der Waals surface area contributed by atoms with E-state index in [2.05, 4.69) is 17.6 Å².